The van der Waals surface area contributed by atoms with Crippen molar-refractivity contribution < 1.29 is 5.11 Å². The number of aliphatic hydroxyl groups is 1. The zero-order valence-corrected chi connectivity index (χ0v) is 10.6. The quantitative estimate of drug-likeness (QED) is 0.852. The molecule has 0 aliphatic carbocycles. The minimum Gasteiger partial charge on any atom is -0.396 e. The van der Waals surface area contributed by atoms with E-state index in [0.717, 1.165) is 0 Å². The summed E-state index contributed by atoms with van der Waals surface area (Å²) in [4.78, 5) is 3.94. The molecule has 1 atom stereocenters. The highest BCUT2D eigenvalue weighted by atomic mass is 35.5. The van der Waals surface area contributed by atoms with Crippen LogP contribution in [0.5, 0.6) is 0 Å². The molecule has 0 aliphatic heterocycles. The number of rotatable bonds is 5. The predicted molar refractivity (Wildman–Crippen MR) is 63.8 cm³/mol. The largest absolute Gasteiger partial charge is 0.396 e. The van der Waals surface area contributed by atoms with Crippen LogP contribution in [-0.4, -0.2) is 32.9 Å². The predicted octanol–water partition coefficient (Wildman–Crippen LogP) is 2.00. The minimum atomic E-state index is 0.0402. The van der Waals surface area contributed by atoms with Crippen molar-refractivity contribution in [3.63, 3.8) is 0 Å². The SMILES string of the molecule is CC(C)C(CCO)Nc1nc(Cl)nnc1Cl. The summed E-state index contributed by atoms with van der Waals surface area (Å²) in [5.74, 6) is 0.728. The number of hydrogen-bond donors (Lipinski definition) is 2. The number of hydrogen-bond acceptors (Lipinski definition) is 5. The lowest BCUT2D eigenvalue weighted by molar-refractivity contribution is 0.267. The van der Waals surface area contributed by atoms with Crippen molar-refractivity contribution in [3.8, 4) is 0 Å². The number of anilines is 1. The first-order valence-corrected chi connectivity index (χ1v) is 5.73. The highest BCUT2D eigenvalue weighted by molar-refractivity contribution is 6.32. The molecular weight excluding hydrogens is 251 g/mol. The molecule has 0 fully saturated rings. The maximum absolute atomic E-state index is 8.94. The van der Waals surface area contributed by atoms with Crippen LogP contribution < -0.4 is 5.32 Å². The van der Waals surface area contributed by atoms with E-state index in [-0.39, 0.29) is 23.1 Å². The van der Waals surface area contributed by atoms with E-state index in [0.29, 0.717) is 18.2 Å². The number of aromatic nitrogens is 3. The monoisotopic (exact) mass is 264 g/mol. The lowest BCUT2D eigenvalue weighted by Crippen LogP contribution is -2.27. The summed E-state index contributed by atoms with van der Waals surface area (Å²) in [7, 11) is 0. The molecule has 1 rings (SSSR count). The molecule has 2 N–H and O–H groups in total. The van der Waals surface area contributed by atoms with Gasteiger partial charge in [0.1, 0.15) is 0 Å². The van der Waals surface area contributed by atoms with Gasteiger partial charge in [-0.15, -0.1) is 10.2 Å². The van der Waals surface area contributed by atoms with Gasteiger partial charge < -0.3 is 10.4 Å². The Morgan fingerprint density at radius 1 is 1.31 bits per heavy atom. The number of aliphatic hydroxyl groups excluding tert-OH is 1. The van der Waals surface area contributed by atoms with Gasteiger partial charge in [-0.05, 0) is 23.9 Å². The Labute approximate surface area is 104 Å². The van der Waals surface area contributed by atoms with Gasteiger partial charge in [-0.3, -0.25) is 0 Å². The first-order chi connectivity index (χ1) is 7.54. The summed E-state index contributed by atoms with van der Waals surface area (Å²) >= 11 is 11.4. The molecule has 1 heterocycles. The second kappa shape index (κ2) is 6.18. The average Bonchev–Trinajstić information content (AvgIpc) is 2.22. The van der Waals surface area contributed by atoms with Crippen molar-refractivity contribution in [2.24, 2.45) is 5.92 Å². The smallest absolute Gasteiger partial charge is 0.245 e. The van der Waals surface area contributed by atoms with Gasteiger partial charge in [0.15, 0.2) is 11.0 Å². The van der Waals surface area contributed by atoms with Crippen LogP contribution in [0.25, 0.3) is 0 Å². The first-order valence-electron chi connectivity index (χ1n) is 4.97. The molecule has 0 saturated carbocycles. The Morgan fingerprint density at radius 3 is 2.56 bits per heavy atom. The number of nitrogens with zero attached hydrogens (tertiary/aromatic N) is 3. The molecule has 1 unspecified atom stereocenters. The molecule has 1 aromatic rings. The fraction of sp³-hybridized carbons (Fsp3) is 0.667. The molecule has 16 heavy (non-hydrogen) atoms. The molecule has 0 aliphatic rings. The van der Waals surface area contributed by atoms with Crippen LogP contribution in [0, 0.1) is 5.92 Å². The lowest BCUT2D eigenvalue weighted by atomic mass is 10.0. The van der Waals surface area contributed by atoms with E-state index in [1.165, 1.54) is 0 Å². The van der Waals surface area contributed by atoms with Crippen molar-refractivity contribution in [1.29, 1.82) is 0 Å². The Balaban J connectivity index is 2.80. The molecular formula is C9H14Cl2N4O. The van der Waals surface area contributed by atoms with Crippen molar-refractivity contribution in [2.45, 2.75) is 26.3 Å². The van der Waals surface area contributed by atoms with E-state index in [4.69, 9.17) is 28.3 Å². The molecule has 0 radical (unpaired) electrons. The van der Waals surface area contributed by atoms with Crippen molar-refractivity contribution in [1.82, 2.24) is 15.2 Å². The highest BCUT2D eigenvalue weighted by Crippen LogP contribution is 2.20. The maximum atomic E-state index is 8.94. The van der Waals surface area contributed by atoms with Crippen molar-refractivity contribution in [3.05, 3.63) is 10.4 Å². The van der Waals surface area contributed by atoms with Crippen molar-refractivity contribution >= 4 is 29.0 Å². The van der Waals surface area contributed by atoms with Crippen LogP contribution in [0.1, 0.15) is 20.3 Å². The van der Waals surface area contributed by atoms with Gasteiger partial charge in [0, 0.05) is 12.6 Å². The fourth-order valence-electron chi connectivity index (χ4n) is 1.27. The zero-order valence-electron chi connectivity index (χ0n) is 9.11. The third kappa shape index (κ3) is 3.73. The second-order valence-corrected chi connectivity index (χ2v) is 4.42. The molecule has 7 heteroatoms. The van der Waals surface area contributed by atoms with Crippen molar-refractivity contribution in [2.75, 3.05) is 11.9 Å². The summed E-state index contributed by atoms with van der Waals surface area (Å²) in [5.41, 5.74) is 0. The zero-order chi connectivity index (χ0) is 12.1. The van der Waals surface area contributed by atoms with Gasteiger partial charge in [0.05, 0.1) is 0 Å². The summed E-state index contributed by atoms with van der Waals surface area (Å²) in [5, 5.41) is 19.4. The van der Waals surface area contributed by atoms with E-state index in [2.05, 4.69) is 20.5 Å². The highest BCUT2D eigenvalue weighted by Gasteiger charge is 2.16. The third-order valence-electron chi connectivity index (χ3n) is 2.19. The molecule has 1 aromatic heterocycles. The molecule has 0 aromatic carbocycles. The normalized spacial score (nSPS) is 12.9. The third-order valence-corrected chi connectivity index (χ3v) is 2.60. The van der Waals surface area contributed by atoms with Gasteiger partial charge in [-0.2, -0.15) is 4.98 Å². The van der Waals surface area contributed by atoms with E-state index < -0.39 is 0 Å². The summed E-state index contributed by atoms with van der Waals surface area (Å²) in [6, 6.07) is 0.0651. The summed E-state index contributed by atoms with van der Waals surface area (Å²) < 4.78 is 0. The van der Waals surface area contributed by atoms with Gasteiger partial charge in [-0.25, -0.2) is 0 Å². The minimum absolute atomic E-state index is 0.0402. The Morgan fingerprint density at radius 2 is 2.00 bits per heavy atom. The van der Waals surface area contributed by atoms with Gasteiger partial charge >= 0.3 is 0 Å². The van der Waals surface area contributed by atoms with Gasteiger partial charge in [-0.1, -0.05) is 25.4 Å². The van der Waals surface area contributed by atoms with Crippen LogP contribution in [0.2, 0.25) is 10.4 Å². The molecule has 0 spiro atoms. The molecule has 0 saturated heterocycles. The van der Waals surface area contributed by atoms with Crippen LogP contribution >= 0.6 is 23.2 Å². The first kappa shape index (κ1) is 13.4. The van der Waals surface area contributed by atoms with Gasteiger partial charge in [0.25, 0.3) is 0 Å². The molecule has 0 bridgehead atoms. The Bertz CT molecular complexity index is 348. The Kier molecular flexibility index (Phi) is 5.18. The molecule has 5 nitrogen and oxygen atoms in total. The van der Waals surface area contributed by atoms with E-state index in [9.17, 15) is 0 Å². The fourth-order valence-corrected chi connectivity index (χ4v) is 1.53. The lowest BCUT2D eigenvalue weighted by Gasteiger charge is -2.22. The summed E-state index contributed by atoms with van der Waals surface area (Å²) in [6.45, 7) is 4.18. The van der Waals surface area contributed by atoms with Crippen LogP contribution in [0.4, 0.5) is 5.82 Å². The number of halogens is 2. The maximum Gasteiger partial charge on any atom is 0.245 e. The van der Waals surface area contributed by atoms with E-state index in [1.807, 2.05) is 13.8 Å². The molecule has 90 valence electrons. The van der Waals surface area contributed by atoms with E-state index >= 15 is 0 Å². The second-order valence-electron chi connectivity index (χ2n) is 3.73. The van der Waals surface area contributed by atoms with Gasteiger partial charge in [0.2, 0.25) is 5.28 Å². The van der Waals surface area contributed by atoms with Crippen LogP contribution in [0.15, 0.2) is 0 Å². The Hall–Kier alpha value is -0.650. The number of nitrogens with one attached hydrogen (secondary N) is 1. The van der Waals surface area contributed by atoms with Crippen LogP contribution in [-0.2, 0) is 0 Å². The topological polar surface area (TPSA) is 70.9 Å². The standard InChI is InChI=1S/C9H14Cl2N4O/c1-5(2)6(3-4-16)12-8-7(10)14-15-9(11)13-8/h5-6,16H,3-4H2,1-2H3,(H,12,13,15). The average molecular weight is 265 g/mol. The molecule has 0 amide bonds. The summed E-state index contributed by atoms with van der Waals surface area (Å²) in [6.07, 6.45) is 0.607. The van der Waals surface area contributed by atoms with Crippen LogP contribution in [0.3, 0.4) is 0 Å². The van der Waals surface area contributed by atoms with E-state index in [1.54, 1.807) is 0 Å².